The van der Waals surface area contributed by atoms with Crippen LogP contribution in [0.1, 0.15) is 29.9 Å². The smallest absolute Gasteiger partial charge is 0.245 e. The zero-order chi connectivity index (χ0) is 19.6. The number of nitrogens with two attached hydrogens (primary N) is 2. The largest absolute Gasteiger partial charge is 0.423 e. The fraction of sp³-hybridized carbons (Fsp3) is 0.412. The summed E-state index contributed by atoms with van der Waals surface area (Å²) in [6, 6.07) is 5.11. The highest BCUT2D eigenvalue weighted by Crippen LogP contribution is 2.33. The molecule has 1 aromatic heterocycles. The third-order valence-corrected chi connectivity index (χ3v) is 4.40. The minimum absolute atomic E-state index is 0.224. The van der Waals surface area contributed by atoms with Crippen molar-refractivity contribution in [3.63, 3.8) is 0 Å². The van der Waals surface area contributed by atoms with Gasteiger partial charge in [-0.3, -0.25) is 0 Å². The molecule has 3 rings (SSSR count). The third kappa shape index (κ3) is 4.25. The van der Waals surface area contributed by atoms with Crippen molar-refractivity contribution >= 4 is 5.70 Å². The van der Waals surface area contributed by atoms with Gasteiger partial charge < -0.3 is 30.1 Å². The molecule has 1 aromatic carbocycles. The fourth-order valence-corrected chi connectivity index (χ4v) is 3.00. The van der Waals surface area contributed by atoms with E-state index in [0.717, 1.165) is 0 Å². The molecule has 0 spiro atoms. The number of rotatable bonds is 5. The molecule has 9 nitrogen and oxygen atoms in total. The van der Waals surface area contributed by atoms with E-state index in [0.29, 0.717) is 11.5 Å². The molecule has 0 amide bonds. The topological polar surface area (TPSA) is 144 Å². The molecule has 27 heavy (non-hydrogen) atoms. The summed E-state index contributed by atoms with van der Waals surface area (Å²) < 4.78 is 24.4. The predicted octanol–water partition coefficient (Wildman–Crippen LogP) is 0.202. The van der Waals surface area contributed by atoms with Crippen LogP contribution in [0, 0.1) is 12.7 Å². The van der Waals surface area contributed by atoms with E-state index >= 15 is 0 Å². The summed E-state index contributed by atoms with van der Waals surface area (Å²) in [6.07, 6.45) is -0.999. The maximum absolute atomic E-state index is 13.4. The number of benzene rings is 1. The molecule has 0 radical (unpaired) electrons. The number of hydrogen-bond donors (Lipinski definition) is 4. The van der Waals surface area contributed by atoms with Gasteiger partial charge in [0.2, 0.25) is 11.8 Å². The van der Waals surface area contributed by atoms with Crippen molar-refractivity contribution in [3.8, 4) is 0 Å². The lowest BCUT2D eigenvalue weighted by Crippen LogP contribution is -2.55. The molecule has 146 valence electrons. The number of aromatic nitrogens is 2. The van der Waals surface area contributed by atoms with Crippen LogP contribution in [-0.4, -0.2) is 50.3 Å². The lowest BCUT2D eigenvalue weighted by atomic mass is 9.95. The van der Waals surface area contributed by atoms with Gasteiger partial charge in [-0.1, -0.05) is 12.1 Å². The quantitative estimate of drug-likeness (QED) is 0.423. The number of aliphatic hydroxyl groups is 2. The Morgan fingerprint density at radius 3 is 2.85 bits per heavy atom. The van der Waals surface area contributed by atoms with E-state index in [1.807, 2.05) is 0 Å². The first-order chi connectivity index (χ1) is 12.9. The Labute approximate surface area is 155 Å². The van der Waals surface area contributed by atoms with Crippen molar-refractivity contribution in [3.05, 3.63) is 53.6 Å². The van der Waals surface area contributed by atoms with Crippen LogP contribution >= 0.6 is 0 Å². The zero-order valence-electron chi connectivity index (χ0n) is 14.7. The van der Waals surface area contributed by atoms with Crippen LogP contribution in [-0.2, 0) is 4.74 Å². The van der Waals surface area contributed by atoms with Gasteiger partial charge in [-0.25, -0.2) is 10.2 Å². The molecular weight excluding hydrogens is 357 g/mol. The molecular formula is C17H22FN5O4. The van der Waals surface area contributed by atoms with E-state index in [9.17, 15) is 14.6 Å². The molecule has 0 saturated carbocycles. The number of halogens is 1. The molecule has 0 bridgehead atoms. The second-order valence-corrected chi connectivity index (χ2v) is 6.34. The Bertz CT molecular complexity index is 814. The monoisotopic (exact) mass is 379 g/mol. The standard InChI is InChI=1S/C17H22FN5O4/c1-9-21-22-17(26-9)14-6-13(16(25)15(8-24)27-14)23(20)7-12(19)10-3-2-4-11(18)5-10/h2-5,7,13-16,24-25H,6,8,19-20H2,1H3/b12-7-. The lowest BCUT2D eigenvalue weighted by molar-refractivity contribution is -0.169. The Morgan fingerprint density at radius 2 is 2.22 bits per heavy atom. The molecule has 10 heteroatoms. The summed E-state index contributed by atoms with van der Waals surface area (Å²) in [5.41, 5.74) is 6.68. The Kier molecular flexibility index (Phi) is 5.71. The highest BCUT2D eigenvalue weighted by molar-refractivity contribution is 5.62. The Balaban J connectivity index is 1.82. The van der Waals surface area contributed by atoms with Gasteiger partial charge >= 0.3 is 0 Å². The maximum Gasteiger partial charge on any atom is 0.245 e. The second-order valence-electron chi connectivity index (χ2n) is 6.34. The molecule has 1 aliphatic heterocycles. The van der Waals surface area contributed by atoms with Crippen molar-refractivity contribution in [2.24, 2.45) is 11.6 Å². The molecule has 6 N–H and O–H groups in total. The van der Waals surface area contributed by atoms with Gasteiger partial charge in [0.15, 0.2) is 0 Å². The van der Waals surface area contributed by atoms with E-state index in [-0.39, 0.29) is 18.0 Å². The molecule has 2 heterocycles. The maximum atomic E-state index is 13.4. The predicted molar refractivity (Wildman–Crippen MR) is 92.7 cm³/mol. The van der Waals surface area contributed by atoms with Crippen molar-refractivity contribution < 1.29 is 23.8 Å². The summed E-state index contributed by atoms with van der Waals surface area (Å²) in [6.45, 7) is 1.23. The SMILES string of the molecule is Cc1nnc(C2CC(N(N)/C=C(\N)c3cccc(F)c3)C(O)C(CO)O2)o1. The second kappa shape index (κ2) is 8.01. The van der Waals surface area contributed by atoms with Crippen LogP contribution in [0.3, 0.4) is 0 Å². The minimum Gasteiger partial charge on any atom is -0.423 e. The summed E-state index contributed by atoms with van der Waals surface area (Å²) in [5.74, 6) is 6.28. The minimum atomic E-state index is -1.09. The highest BCUT2D eigenvalue weighted by atomic mass is 19.1. The molecule has 1 aliphatic rings. The van der Waals surface area contributed by atoms with Crippen LogP contribution in [0.2, 0.25) is 0 Å². The summed E-state index contributed by atoms with van der Waals surface area (Å²) in [4.78, 5) is 0. The van der Waals surface area contributed by atoms with E-state index in [2.05, 4.69) is 10.2 Å². The van der Waals surface area contributed by atoms with E-state index in [4.69, 9.17) is 20.7 Å². The first kappa shape index (κ1) is 19.2. The Morgan fingerprint density at radius 1 is 1.44 bits per heavy atom. The fourth-order valence-electron chi connectivity index (χ4n) is 3.00. The molecule has 2 aromatic rings. The number of hydrazine groups is 1. The number of nitrogens with zero attached hydrogens (tertiary/aromatic N) is 3. The van der Waals surface area contributed by atoms with E-state index in [1.165, 1.54) is 29.4 Å². The molecule has 1 fully saturated rings. The van der Waals surface area contributed by atoms with E-state index in [1.54, 1.807) is 13.0 Å². The summed E-state index contributed by atoms with van der Waals surface area (Å²) >= 11 is 0. The number of ether oxygens (including phenoxy) is 1. The summed E-state index contributed by atoms with van der Waals surface area (Å²) in [5, 5.41) is 28.9. The lowest BCUT2D eigenvalue weighted by Gasteiger charge is -2.41. The molecule has 0 aliphatic carbocycles. The first-order valence-corrected chi connectivity index (χ1v) is 8.39. The van der Waals surface area contributed by atoms with Gasteiger partial charge in [-0.15, -0.1) is 10.2 Å². The zero-order valence-corrected chi connectivity index (χ0v) is 14.7. The number of hydrogen-bond acceptors (Lipinski definition) is 9. The molecule has 4 atom stereocenters. The van der Waals surface area contributed by atoms with Gasteiger partial charge in [-0.2, -0.15) is 0 Å². The van der Waals surface area contributed by atoms with Gasteiger partial charge in [-0.05, 0) is 12.1 Å². The van der Waals surface area contributed by atoms with Crippen molar-refractivity contribution in [1.29, 1.82) is 0 Å². The van der Waals surface area contributed by atoms with Crippen LogP contribution in [0.5, 0.6) is 0 Å². The van der Waals surface area contributed by atoms with E-state index < -0.39 is 36.8 Å². The first-order valence-electron chi connectivity index (χ1n) is 8.39. The highest BCUT2D eigenvalue weighted by Gasteiger charge is 2.41. The number of aryl methyl sites for hydroxylation is 1. The number of aliphatic hydroxyl groups excluding tert-OH is 2. The van der Waals surface area contributed by atoms with Crippen LogP contribution < -0.4 is 11.6 Å². The van der Waals surface area contributed by atoms with Crippen molar-refractivity contribution in [1.82, 2.24) is 15.2 Å². The van der Waals surface area contributed by atoms with Crippen molar-refractivity contribution in [2.45, 2.75) is 37.7 Å². The third-order valence-electron chi connectivity index (χ3n) is 4.40. The van der Waals surface area contributed by atoms with Crippen LogP contribution in [0.15, 0.2) is 34.9 Å². The average Bonchev–Trinajstić information content (AvgIpc) is 3.08. The van der Waals surface area contributed by atoms with Crippen LogP contribution in [0.4, 0.5) is 4.39 Å². The summed E-state index contributed by atoms with van der Waals surface area (Å²) in [7, 11) is 0. The molecule has 4 unspecified atom stereocenters. The molecule has 1 saturated heterocycles. The van der Waals surface area contributed by atoms with Gasteiger partial charge in [0.1, 0.15) is 24.1 Å². The van der Waals surface area contributed by atoms with Gasteiger partial charge in [0.05, 0.1) is 18.3 Å². The average molecular weight is 379 g/mol. The normalized spacial score (nSPS) is 26.2. The van der Waals surface area contributed by atoms with Gasteiger partial charge in [0.25, 0.3) is 0 Å². The van der Waals surface area contributed by atoms with Gasteiger partial charge in [0, 0.05) is 25.1 Å². The Hall–Kier alpha value is -2.53. The van der Waals surface area contributed by atoms with Crippen molar-refractivity contribution in [2.75, 3.05) is 6.61 Å². The van der Waals surface area contributed by atoms with Crippen LogP contribution in [0.25, 0.3) is 5.70 Å².